The summed E-state index contributed by atoms with van der Waals surface area (Å²) in [6, 6.07) is 0.490. The second kappa shape index (κ2) is 3.12. The second-order valence-corrected chi connectivity index (χ2v) is 3.83. The summed E-state index contributed by atoms with van der Waals surface area (Å²) in [5.74, 6) is 1.00. The van der Waals surface area contributed by atoms with E-state index < -0.39 is 0 Å². The second-order valence-electron chi connectivity index (χ2n) is 3.83. The number of hydrogen-bond acceptors (Lipinski definition) is 3. The lowest BCUT2D eigenvalue weighted by Crippen LogP contribution is -2.30. The maximum Gasteiger partial charge on any atom is 0.125 e. The Bertz CT molecular complexity index is 284. The SMILES string of the molecule is Cc1cnc(C2C(N)CCN2C)[nH]1. The van der Waals surface area contributed by atoms with Gasteiger partial charge in [-0.15, -0.1) is 0 Å². The largest absolute Gasteiger partial charge is 0.345 e. The molecule has 0 aliphatic carbocycles. The van der Waals surface area contributed by atoms with Gasteiger partial charge in [0, 0.05) is 24.5 Å². The van der Waals surface area contributed by atoms with Crippen LogP contribution in [0, 0.1) is 6.92 Å². The molecule has 0 bridgehead atoms. The molecule has 0 aromatic carbocycles. The first kappa shape index (κ1) is 8.72. The first-order chi connectivity index (χ1) is 6.18. The van der Waals surface area contributed by atoms with Crippen LogP contribution >= 0.6 is 0 Å². The summed E-state index contributed by atoms with van der Waals surface area (Å²) in [6.45, 7) is 3.07. The quantitative estimate of drug-likeness (QED) is 0.658. The van der Waals surface area contributed by atoms with E-state index in [0.717, 1.165) is 24.5 Å². The van der Waals surface area contributed by atoms with E-state index in [0.29, 0.717) is 0 Å². The Balaban J connectivity index is 2.24. The lowest BCUT2D eigenvalue weighted by molar-refractivity contribution is 0.293. The molecule has 1 aliphatic heterocycles. The fraction of sp³-hybridized carbons (Fsp3) is 0.667. The van der Waals surface area contributed by atoms with Gasteiger partial charge in [0.2, 0.25) is 0 Å². The maximum atomic E-state index is 6.01. The Morgan fingerprint density at radius 3 is 2.92 bits per heavy atom. The molecule has 2 atom stereocenters. The molecule has 4 nitrogen and oxygen atoms in total. The Hall–Kier alpha value is -0.870. The number of H-pyrrole nitrogens is 1. The molecule has 3 N–H and O–H groups in total. The average molecular weight is 180 g/mol. The normalized spacial score (nSPS) is 29.8. The molecule has 1 aromatic rings. The number of nitrogens with two attached hydrogens (primary N) is 1. The van der Waals surface area contributed by atoms with Crippen molar-refractivity contribution in [3.8, 4) is 0 Å². The molecule has 1 aromatic heterocycles. The minimum absolute atomic E-state index is 0.218. The van der Waals surface area contributed by atoms with Gasteiger partial charge in [0.1, 0.15) is 5.82 Å². The first-order valence-electron chi connectivity index (χ1n) is 4.66. The van der Waals surface area contributed by atoms with Crippen molar-refractivity contribution >= 4 is 0 Å². The molecule has 0 saturated carbocycles. The number of aromatic amines is 1. The van der Waals surface area contributed by atoms with E-state index in [2.05, 4.69) is 21.9 Å². The van der Waals surface area contributed by atoms with Crippen LogP contribution < -0.4 is 5.73 Å². The molecule has 1 fully saturated rings. The molecule has 0 radical (unpaired) electrons. The lowest BCUT2D eigenvalue weighted by atomic mass is 10.1. The number of aryl methyl sites for hydroxylation is 1. The van der Waals surface area contributed by atoms with E-state index in [1.165, 1.54) is 0 Å². The van der Waals surface area contributed by atoms with Gasteiger partial charge in [-0.2, -0.15) is 0 Å². The van der Waals surface area contributed by atoms with E-state index in [4.69, 9.17) is 5.73 Å². The monoisotopic (exact) mass is 180 g/mol. The Morgan fingerprint density at radius 1 is 1.69 bits per heavy atom. The van der Waals surface area contributed by atoms with Crippen molar-refractivity contribution in [1.82, 2.24) is 14.9 Å². The van der Waals surface area contributed by atoms with Crippen LogP contribution in [0.1, 0.15) is 24.0 Å². The maximum absolute atomic E-state index is 6.01. The van der Waals surface area contributed by atoms with Gasteiger partial charge in [-0.25, -0.2) is 4.98 Å². The molecule has 4 heteroatoms. The molecule has 1 saturated heterocycles. The van der Waals surface area contributed by atoms with Gasteiger partial charge >= 0.3 is 0 Å². The number of imidazole rings is 1. The van der Waals surface area contributed by atoms with Crippen LogP contribution in [-0.4, -0.2) is 34.5 Å². The van der Waals surface area contributed by atoms with Crippen LogP contribution in [0.25, 0.3) is 0 Å². The van der Waals surface area contributed by atoms with Gasteiger partial charge in [0.25, 0.3) is 0 Å². The van der Waals surface area contributed by atoms with Gasteiger partial charge in [0.15, 0.2) is 0 Å². The Kier molecular flexibility index (Phi) is 2.09. The molecule has 72 valence electrons. The minimum atomic E-state index is 0.218. The highest BCUT2D eigenvalue weighted by Crippen LogP contribution is 2.27. The molecular weight excluding hydrogens is 164 g/mol. The summed E-state index contributed by atoms with van der Waals surface area (Å²) in [6.07, 6.45) is 2.91. The van der Waals surface area contributed by atoms with Crippen LogP contribution in [0.3, 0.4) is 0 Å². The predicted molar refractivity (Wildman–Crippen MR) is 51.3 cm³/mol. The van der Waals surface area contributed by atoms with Crippen molar-refractivity contribution in [1.29, 1.82) is 0 Å². The standard InChI is InChI=1S/C9H16N4/c1-6-5-11-9(12-6)8-7(10)3-4-13(8)2/h5,7-8H,3-4,10H2,1-2H3,(H,11,12). The number of rotatable bonds is 1. The molecular formula is C9H16N4. The summed E-state index contributed by atoms with van der Waals surface area (Å²) in [7, 11) is 2.09. The van der Waals surface area contributed by atoms with Crippen molar-refractivity contribution < 1.29 is 0 Å². The highest BCUT2D eigenvalue weighted by molar-refractivity contribution is 5.08. The van der Waals surface area contributed by atoms with E-state index in [9.17, 15) is 0 Å². The smallest absolute Gasteiger partial charge is 0.125 e. The number of likely N-dealkylation sites (tertiary alicyclic amines) is 1. The third kappa shape index (κ3) is 1.47. The highest BCUT2D eigenvalue weighted by Gasteiger charge is 2.32. The molecule has 2 rings (SSSR count). The number of nitrogens with zero attached hydrogens (tertiary/aromatic N) is 2. The molecule has 2 heterocycles. The number of aromatic nitrogens is 2. The predicted octanol–water partition coefficient (Wildman–Crippen LogP) is 0.422. The molecule has 2 unspecified atom stereocenters. The zero-order valence-electron chi connectivity index (χ0n) is 8.12. The Labute approximate surface area is 78.1 Å². The summed E-state index contributed by atoms with van der Waals surface area (Å²) in [5.41, 5.74) is 7.11. The summed E-state index contributed by atoms with van der Waals surface area (Å²) in [5, 5.41) is 0. The van der Waals surface area contributed by atoms with Crippen LogP contribution in [0.5, 0.6) is 0 Å². The number of likely N-dealkylation sites (N-methyl/N-ethyl adjacent to an activating group) is 1. The zero-order chi connectivity index (χ0) is 9.42. The van der Waals surface area contributed by atoms with Crippen molar-refractivity contribution in [3.63, 3.8) is 0 Å². The molecule has 13 heavy (non-hydrogen) atoms. The summed E-state index contributed by atoms with van der Waals surface area (Å²) >= 11 is 0. The van der Waals surface area contributed by atoms with Gasteiger partial charge in [-0.3, -0.25) is 4.90 Å². The van der Waals surface area contributed by atoms with E-state index in [1.807, 2.05) is 13.1 Å². The number of nitrogens with one attached hydrogen (secondary N) is 1. The topological polar surface area (TPSA) is 57.9 Å². The van der Waals surface area contributed by atoms with E-state index in [-0.39, 0.29) is 12.1 Å². The third-order valence-electron chi connectivity index (χ3n) is 2.70. The van der Waals surface area contributed by atoms with Crippen molar-refractivity contribution in [2.75, 3.05) is 13.6 Å². The van der Waals surface area contributed by atoms with E-state index >= 15 is 0 Å². The molecule has 0 spiro atoms. The van der Waals surface area contributed by atoms with Crippen molar-refractivity contribution in [3.05, 3.63) is 17.7 Å². The fourth-order valence-electron chi connectivity index (χ4n) is 1.97. The first-order valence-corrected chi connectivity index (χ1v) is 4.66. The fourth-order valence-corrected chi connectivity index (χ4v) is 1.97. The van der Waals surface area contributed by atoms with Crippen molar-refractivity contribution in [2.45, 2.75) is 25.4 Å². The summed E-state index contributed by atoms with van der Waals surface area (Å²) < 4.78 is 0. The van der Waals surface area contributed by atoms with Crippen LogP contribution in [0.4, 0.5) is 0 Å². The summed E-state index contributed by atoms with van der Waals surface area (Å²) in [4.78, 5) is 9.82. The zero-order valence-corrected chi connectivity index (χ0v) is 8.12. The number of hydrogen-bond donors (Lipinski definition) is 2. The lowest BCUT2D eigenvalue weighted by Gasteiger charge is -2.20. The van der Waals surface area contributed by atoms with Gasteiger partial charge in [0.05, 0.1) is 6.04 Å². The van der Waals surface area contributed by atoms with Crippen LogP contribution in [0.15, 0.2) is 6.20 Å². The Morgan fingerprint density at radius 2 is 2.46 bits per heavy atom. The van der Waals surface area contributed by atoms with Crippen molar-refractivity contribution in [2.24, 2.45) is 5.73 Å². The van der Waals surface area contributed by atoms with E-state index in [1.54, 1.807) is 0 Å². The van der Waals surface area contributed by atoms with Crippen LogP contribution in [0.2, 0.25) is 0 Å². The van der Waals surface area contributed by atoms with Gasteiger partial charge in [-0.1, -0.05) is 0 Å². The van der Waals surface area contributed by atoms with Crippen LogP contribution in [-0.2, 0) is 0 Å². The highest BCUT2D eigenvalue weighted by atomic mass is 15.2. The van der Waals surface area contributed by atoms with Gasteiger partial charge < -0.3 is 10.7 Å². The minimum Gasteiger partial charge on any atom is -0.345 e. The third-order valence-corrected chi connectivity index (χ3v) is 2.70. The average Bonchev–Trinajstić information content (AvgIpc) is 2.60. The molecule has 1 aliphatic rings. The van der Waals surface area contributed by atoms with Gasteiger partial charge in [-0.05, 0) is 20.4 Å². The molecule has 0 amide bonds.